The summed E-state index contributed by atoms with van der Waals surface area (Å²) in [6, 6.07) is 1.59. The van der Waals surface area contributed by atoms with Crippen molar-refractivity contribution in [2.75, 3.05) is 20.1 Å². The highest BCUT2D eigenvalue weighted by Gasteiger charge is 2.32. The summed E-state index contributed by atoms with van der Waals surface area (Å²) in [7, 11) is 2.31. The Hall–Kier alpha value is -0.120. The van der Waals surface area contributed by atoms with Crippen LogP contribution in [-0.2, 0) is 4.74 Å². The molecular formula is C18H34N2O. The number of nitrogens with zero attached hydrogens (tertiary/aromatic N) is 1. The number of hydrogen-bond acceptors (Lipinski definition) is 3. The lowest BCUT2D eigenvalue weighted by Crippen LogP contribution is -2.41. The molecule has 0 aromatic carbocycles. The van der Waals surface area contributed by atoms with E-state index in [4.69, 9.17) is 4.74 Å². The van der Waals surface area contributed by atoms with Gasteiger partial charge in [0.1, 0.15) is 0 Å². The highest BCUT2D eigenvalue weighted by molar-refractivity contribution is 4.87. The maximum Gasteiger partial charge on any atom is 0.0707 e. The van der Waals surface area contributed by atoms with Crippen LogP contribution in [0.2, 0.25) is 0 Å². The fourth-order valence-corrected chi connectivity index (χ4v) is 3.95. The van der Waals surface area contributed by atoms with Gasteiger partial charge in [-0.2, -0.15) is 0 Å². The number of likely N-dealkylation sites (N-methyl/N-ethyl adjacent to an activating group) is 1. The topological polar surface area (TPSA) is 24.5 Å². The molecule has 3 aliphatic rings. The van der Waals surface area contributed by atoms with Crippen molar-refractivity contribution >= 4 is 0 Å². The van der Waals surface area contributed by atoms with Crippen molar-refractivity contribution in [3.05, 3.63) is 0 Å². The smallest absolute Gasteiger partial charge is 0.0707 e. The van der Waals surface area contributed by atoms with Crippen LogP contribution in [0.15, 0.2) is 0 Å². The molecule has 1 saturated heterocycles. The summed E-state index contributed by atoms with van der Waals surface area (Å²) in [5.41, 5.74) is 0.570. The molecule has 0 amide bonds. The Labute approximate surface area is 130 Å². The standard InChI is InChI=1S/C18H34N2O/c1-18(2)10-8-15(9-11-18)20(3)13-17-7-6-16(21-17)12-19-14-4-5-14/h14-17,19H,4-13H2,1-3H3. The molecule has 3 rings (SSSR count). The second kappa shape index (κ2) is 6.55. The fraction of sp³-hybridized carbons (Fsp3) is 1.00. The van der Waals surface area contributed by atoms with Crippen molar-refractivity contribution in [2.45, 2.75) is 89.5 Å². The monoisotopic (exact) mass is 294 g/mol. The molecule has 2 aliphatic carbocycles. The third-order valence-electron chi connectivity index (χ3n) is 5.83. The van der Waals surface area contributed by atoms with Gasteiger partial charge in [-0.25, -0.2) is 0 Å². The van der Waals surface area contributed by atoms with Crippen LogP contribution in [0.5, 0.6) is 0 Å². The highest BCUT2D eigenvalue weighted by atomic mass is 16.5. The van der Waals surface area contributed by atoms with E-state index in [9.17, 15) is 0 Å². The van der Waals surface area contributed by atoms with Gasteiger partial charge >= 0.3 is 0 Å². The third kappa shape index (κ3) is 4.67. The zero-order valence-corrected chi connectivity index (χ0v) is 14.2. The molecule has 21 heavy (non-hydrogen) atoms. The van der Waals surface area contributed by atoms with Crippen LogP contribution in [0.1, 0.15) is 65.2 Å². The SMILES string of the molecule is CN(CC1CCC(CNC2CC2)O1)C1CCC(C)(C)CC1. The minimum absolute atomic E-state index is 0.467. The molecule has 2 unspecified atom stereocenters. The normalized spacial score (nSPS) is 33.7. The van der Waals surface area contributed by atoms with E-state index < -0.39 is 0 Å². The number of nitrogens with one attached hydrogen (secondary N) is 1. The van der Waals surface area contributed by atoms with Gasteiger partial charge in [-0.05, 0) is 63.8 Å². The van der Waals surface area contributed by atoms with Gasteiger partial charge in [-0.1, -0.05) is 13.8 Å². The molecule has 0 aromatic rings. The summed E-state index contributed by atoms with van der Waals surface area (Å²) < 4.78 is 6.24. The van der Waals surface area contributed by atoms with E-state index in [0.29, 0.717) is 17.6 Å². The Bertz CT molecular complexity index is 330. The minimum atomic E-state index is 0.467. The molecule has 0 aromatic heterocycles. The summed E-state index contributed by atoms with van der Waals surface area (Å²) in [6.45, 7) is 7.04. The fourth-order valence-electron chi connectivity index (χ4n) is 3.95. The molecule has 2 saturated carbocycles. The summed E-state index contributed by atoms with van der Waals surface area (Å²) >= 11 is 0. The quantitative estimate of drug-likeness (QED) is 0.814. The molecule has 0 spiro atoms. The molecule has 1 aliphatic heterocycles. The van der Waals surface area contributed by atoms with Crippen molar-refractivity contribution < 1.29 is 4.74 Å². The molecule has 122 valence electrons. The summed E-state index contributed by atoms with van der Waals surface area (Å²) in [6.07, 6.45) is 11.7. The Morgan fingerprint density at radius 2 is 1.67 bits per heavy atom. The molecule has 3 nitrogen and oxygen atoms in total. The Morgan fingerprint density at radius 1 is 1.00 bits per heavy atom. The van der Waals surface area contributed by atoms with Crippen LogP contribution >= 0.6 is 0 Å². The summed E-state index contributed by atoms with van der Waals surface area (Å²) in [5, 5.41) is 3.61. The molecule has 0 bridgehead atoms. The van der Waals surface area contributed by atoms with Gasteiger partial charge < -0.3 is 15.0 Å². The van der Waals surface area contributed by atoms with E-state index in [1.807, 2.05) is 0 Å². The lowest BCUT2D eigenvalue weighted by molar-refractivity contribution is 0.0127. The Balaban J connectivity index is 1.36. The van der Waals surface area contributed by atoms with Gasteiger partial charge in [-0.15, -0.1) is 0 Å². The van der Waals surface area contributed by atoms with Crippen LogP contribution in [-0.4, -0.2) is 49.3 Å². The average Bonchev–Trinajstić information content (AvgIpc) is 3.16. The summed E-state index contributed by atoms with van der Waals surface area (Å²) in [5.74, 6) is 0. The molecule has 1 heterocycles. The zero-order chi connectivity index (χ0) is 14.9. The number of ether oxygens (including phenoxy) is 1. The maximum absolute atomic E-state index is 6.24. The van der Waals surface area contributed by atoms with Crippen LogP contribution in [0.3, 0.4) is 0 Å². The predicted molar refractivity (Wildman–Crippen MR) is 87.6 cm³/mol. The first-order chi connectivity index (χ1) is 10.0. The van der Waals surface area contributed by atoms with Crippen LogP contribution < -0.4 is 5.32 Å². The molecule has 2 atom stereocenters. The second-order valence-electron chi connectivity index (χ2n) is 8.47. The van der Waals surface area contributed by atoms with E-state index in [2.05, 4.69) is 31.1 Å². The van der Waals surface area contributed by atoms with Crippen molar-refractivity contribution in [1.82, 2.24) is 10.2 Å². The molecule has 1 N–H and O–H groups in total. The summed E-state index contributed by atoms with van der Waals surface area (Å²) in [4.78, 5) is 2.58. The largest absolute Gasteiger partial charge is 0.372 e. The number of rotatable bonds is 6. The third-order valence-corrected chi connectivity index (χ3v) is 5.83. The first-order valence-corrected chi connectivity index (χ1v) is 9.11. The molecular weight excluding hydrogens is 260 g/mol. The first kappa shape index (κ1) is 15.8. The van der Waals surface area contributed by atoms with E-state index in [1.54, 1.807) is 0 Å². The van der Waals surface area contributed by atoms with Gasteiger partial charge in [0.25, 0.3) is 0 Å². The van der Waals surface area contributed by atoms with Crippen LogP contribution in [0.25, 0.3) is 0 Å². The zero-order valence-electron chi connectivity index (χ0n) is 14.2. The van der Waals surface area contributed by atoms with Gasteiger partial charge in [0.15, 0.2) is 0 Å². The van der Waals surface area contributed by atoms with E-state index in [0.717, 1.165) is 25.2 Å². The Kier molecular flexibility index (Phi) is 4.92. The lowest BCUT2D eigenvalue weighted by atomic mass is 9.75. The van der Waals surface area contributed by atoms with E-state index in [-0.39, 0.29) is 0 Å². The van der Waals surface area contributed by atoms with Gasteiger partial charge in [0.05, 0.1) is 12.2 Å². The van der Waals surface area contributed by atoms with Crippen molar-refractivity contribution in [3.63, 3.8) is 0 Å². The first-order valence-electron chi connectivity index (χ1n) is 9.11. The molecule has 0 radical (unpaired) electrons. The predicted octanol–water partition coefficient (Wildman–Crippen LogP) is 3.19. The Morgan fingerprint density at radius 3 is 2.33 bits per heavy atom. The maximum atomic E-state index is 6.24. The second-order valence-corrected chi connectivity index (χ2v) is 8.47. The van der Waals surface area contributed by atoms with Gasteiger partial charge in [0, 0.05) is 25.2 Å². The van der Waals surface area contributed by atoms with Gasteiger partial charge in [-0.3, -0.25) is 0 Å². The van der Waals surface area contributed by atoms with Crippen LogP contribution in [0.4, 0.5) is 0 Å². The molecule has 3 fully saturated rings. The highest BCUT2D eigenvalue weighted by Crippen LogP contribution is 2.37. The van der Waals surface area contributed by atoms with E-state index in [1.165, 1.54) is 51.4 Å². The van der Waals surface area contributed by atoms with E-state index >= 15 is 0 Å². The average molecular weight is 294 g/mol. The van der Waals surface area contributed by atoms with Gasteiger partial charge in [0.2, 0.25) is 0 Å². The van der Waals surface area contributed by atoms with Crippen molar-refractivity contribution in [1.29, 1.82) is 0 Å². The van der Waals surface area contributed by atoms with Crippen molar-refractivity contribution in [2.24, 2.45) is 5.41 Å². The van der Waals surface area contributed by atoms with Crippen LogP contribution in [0, 0.1) is 5.41 Å². The lowest BCUT2D eigenvalue weighted by Gasteiger charge is -2.39. The van der Waals surface area contributed by atoms with Crippen molar-refractivity contribution in [3.8, 4) is 0 Å². The number of hydrogen-bond donors (Lipinski definition) is 1. The minimum Gasteiger partial charge on any atom is -0.372 e. The molecule has 3 heteroatoms.